The van der Waals surface area contributed by atoms with Gasteiger partial charge in [-0.15, -0.1) is 0 Å². The van der Waals surface area contributed by atoms with E-state index in [1.54, 1.807) is 38.5 Å². The number of benzene rings is 1. The first-order chi connectivity index (χ1) is 9.75. The fraction of sp³-hybridized carbons (Fsp3) is 0.684. The molecular formula is C19H27N. The van der Waals surface area contributed by atoms with Crippen LogP contribution in [0.2, 0.25) is 0 Å². The average Bonchev–Trinajstić information content (AvgIpc) is 2.44. The summed E-state index contributed by atoms with van der Waals surface area (Å²) in [6.45, 7) is 0. The SMILES string of the molecule is CNc1cccc(CCC23CC4CC(CC(C4)C2)C3)c1. The molecule has 0 saturated heterocycles. The van der Waals surface area contributed by atoms with Gasteiger partial charge in [-0.05, 0) is 92.2 Å². The molecule has 4 bridgehead atoms. The molecule has 20 heavy (non-hydrogen) atoms. The third kappa shape index (κ3) is 2.25. The number of aryl methyl sites for hydroxylation is 1. The molecule has 1 aromatic rings. The van der Waals surface area contributed by atoms with Gasteiger partial charge in [0.2, 0.25) is 0 Å². The van der Waals surface area contributed by atoms with E-state index in [1.165, 1.54) is 24.1 Å². The van der Waals surface area contributed by atoms with Crippen molar-refractivity contribution in [3.8, 4) is 0 Å². The lowest BCUT2D eigenvalue weighted by Crippen LogP contribution is -2.46. The highest BCUT2D eigenvalue weighted by Crippen LogP contribution is 2.61. The summed E-state index contributed by atoms with van der Waals surface area (Å²) < 4.78 is 0. The molecule has 1 aromatic carbocycles. The molecule has 0 aliphatic heterocycles. The van der Waals surface area contributed by atoms with Crippen LogP contribution in [0.3, 0.4) is 0 Å². The lowest BCUT2D eigenvalue weighted by atomic mass is 9.48. The molecule has 0 amide bonds. The van der Waals surface area contributed by atoms with Gasteiger partial charge in [0.25, 0.3) is 0 Å². The molecule has 5 rings (SSSR count). The Morgan fingerprint density at radius 1 is 1.05 bits per heavy atom. The summed E-state index contributed by atoms with van der Waals surface area (Å²) >= 11 is 0. The molecular weight excluding hydrogens is 242 g/mol. The minimum atomic E-state index is 0.727. The van der Waals surface area contributed by atoms with Gasteiger partial charge in [-0.25, -0.2) is 0 Å². The molecule has 0 aromatic heterocycles. The van der Waals surface area contributed by atoms with Gasteiger partial charge in [0.15, 0.2) is 0 Å². The van der Waals surface area contributed by atoms with E-state index >= 15 is 0 Å². The third-order valence-electron chi connectivity index (χ3n) is 6.32. The smallest absolute Gasteiger partial charge is 0.0340 e. The first-order valence-electron chi connectivity index (χ1n) is 8.51. The molecule has 1 nitrogen and oxygen atoms in total. The van der Waals surface area contributed by atoms with Crippen molar-refractivity contribution in [2.45, 2.75) is 51.4 Å². The molecule has 0 atom stereocenters. The van der Waals surface area contributed by atoms with Crippen LogP contribution in [0.15, 0.2) is 24.3 Å². The van der Waals surface area contributed by atoms with Crippen molar-refractivity contribution in [3.63, 3.8) is 0 Å². The van der Waals surface area contributed by atoms with Gasteiger partial charge in [-0.3, -0.25) is 0 Å². The van der Waals surface area contributed by atoms with Crippen LogP contribution in [0.5, 0.6) is 0 Å². The zero-order chi connectivity index (χ0) is 13.6. The highest BCUT2D eigenvalue weighted by molar-refractivity contribution is 5.45. The summed E-state index contributed by atoms with van der Waals surface area (Å²) in [6, 6.07) is 9.00. The Morgan fingerprint density at radius 3 is 2.30 bits per heavy atom. The number of anilines is 1. The summed E-state index contributed by atoms with van der Waals surface area (Å²) in [7, 11) is 2.01. The summed E-state index contributed by atoms with van der Waals surface area (Å²) in [5.74, 6) is 3.26. The standard InChI is InChI=1S/C19H27N/c1-20-18-4-2-3-14(10-18)5-6-19-11-15-7-16(12-19)9-17(8-15)13-19/h2-4,10,15-17,20H,5-9,11-13H2,1H3. The first kappa shape index (κ1) is 12.7. The lowest BCUT2D eigenvalue weighted by molar-refractivity contribution is -0.0569. The van der Waals surface area contributed by atoms with Gasteiger partial charge < -0.3 is 5.32 Å². The monoisotopic (exact) mass is 269 g/mol. The molecule has 4 aliphatic rings. The van der Waals surface area contributed by atoms with Crippen molar-refractivity contribution in [1.82, 2.24) is 0 Å². The molecule has 1 heteroatoms. The van der Waals surface area contributed by atoms with Crippen LogP contribution in [0, 0.1) is 23.2 Å². The van der Waals surface area contributed by atoms with Crippen molar-refractivity contribution in [1.29, 1.82) is 0 Å². The maximum absolute atomic E-state index is 3.26. The van der Waals surface area contributed by atoms with E-state index in [0.717, 1.165) is 23.2 Å². The Bertz CT molecular complexity index is 455. The molecule has 0 radical (unpaired) electrons. The Morgan fingerprint density at radius 2 is 1.70 bits per heavy atom. The minimum Gasteiger partial charge on any atom is -0.388 e. The molecule has 4 aliphatic carbocycles. The maximum Gasteiger partial charge on any atom is 0.0340 e. The van der Waals surface area contributed by atoms with Gasteiger partial charge in [0, 0.05) is 12.7 Å². The van der Waals surface area contributed by atoms with Crippen LogP contribution in [0.4, 0.5) is 5.69 Å². The van der Waals surface area contributed by atoms with Gasteiger partial charge in [0.1, 0.15) is 0 Å². The predicted molar refractivity (Wildman–Crippen MR) is 84.9 cm³/mol. The van der Waals surface area contributed by atoms with Crippen LogP contribution in [0.25, 0.3) is 0 Å². The zero-order valence-corrected chi connectivity index (χ0v) is 12.7. The van der Waals surface area contributed by atoms with Crippen molar-refractivity contribution < 1.29 is 0 Å². The summed E-state index contributed by atoms with van der Waals surface area (Å²) in [5, 5.41) is 3.26. The fourth-order valence-corrected chi connectivity index (χ4v) is 5.89. The van der Waals surface area contributed by atoms with Crippen LogP contribution < -0.4 is 5.32 Å². The molecule has 108 valence electrons. The summed E-state index contributed by atoms with van der Waals surface area (Å²) in [5.41, 5.74) is 3.50. The van der Waals surface area contributed by atoms with E-state index in [-0.39, 0.29) is 0 Å². The highest BCUT2D eigenvalue weighted by Gasteiger charge is 2.50. The van der Waals surface area contributed by atoms with Gasteiger partial charge in [-0.1, -0.05) is 12.1 Å². The van der Waals surface area contributed by atoms with Crippen LogP contribution in [-0.4, -0.2) is 7.05 Å². The van der Waals surface area contributed by atoms with Crippen molar-refractivity contribution in [3.05, 3.63) is 29.8 Å². The highest BCUT2D eigenvalue weighted by atomic mass is 14.8. The molecule has 4 fully saturated rings. The fourth-order valence-electron chi connectivity index (χ4n) is 5.89. The molecule has 1 N–H and O–H groups in total. The predicted octanol–water partition coefficient (Wildman–Crippen LogP) is 4.88. The van der Waals surface area contributed by atoms with Gasteiger partial charge >= 0.3 is 0 Å². The quantitative estimate of drug-likeness (QED) is 0.821. The number of rotatable bonds is 4. The van der Waals surface area contributed by atoms with Crippen LogP contribution in [-0.2, 0) is 6.42 Å². The number of hydrogen-bond acceptors (Lipinski definition) is 1. The molecule has 4 saturated carbocycles. The van der Waals surface area contributed by atoms with E-state index < -0.39 is 0 Å². The van der Waals surface area contributed by atoms with Crippen molar-refractivity contribution in [2.24, 2.45) is 23.2 Å². The minimum absolute atomic E-state index is 0.727. The Kier molecular flexibility index (Phi) is 3.05. The molecule has 0 spiro atoms. The molecule has 0 unspecified atom stereocenters. The summed E-state index contributed by atoms with van der Waals surface area (Å²) in [4.78, 5) is 0. The van der Waals surface area contributed by atoms with Crippen molar-refractivity contribution >= 4 is 5.69 Å². The third-order valence-corrected chi connectivity index (χ3v) is 6.32. The van der Waals surface area contributed by atoms with Crippen LogP contribution >= 0.6 is 0 Å². The van der Waals surface area contributed by atoms with Gasteiger partial charge in [0.05, 0.1) is 0 Å². The maximum atomic E-state index is 3.26. The Balaban J connectivity index is 1.46. The number of nitrogens with one attached hydrogen (secondary N) is 1. The topological polar surface area (TPSA) is 12.0 Å². The van der Waals surface area contributed by atoms with E-state index in [0.29, 0.717) is 0 Å². The van der Waals surface area contributed by atoms with Crippen LogP contribution in [0.1, 0.15) is 50.5 Å². The van der Waals surface area contributed by atoms with E-state index in [4.69, 9.17) is 0 Å². The normalized spacial score (nSPS) is 38.1. The van der Waals surface area contributed by atoms with E-state index in [9.17, 15) is 0 Å². The van der Waals surface area contributed by atoms with Gasteiger partial charge in [-0.2, -0.15) is 0 Å². The second-order valence-electron chi connectivity index (χ2n) is 7.87. The Labute approximate surface area is 123 Å². The van der Waals surface area contributed by atoms with E-state index in [2.05, 4.69) is 29.6 Å². The number of hydrogen-bond donors (Lipinski definition) is 1. The van der Waals surface area contributed by atoms with Crippen molar-refractivity contribution in [2.75, 3.05) is 12.4 Å². The molecule has 0 heterocycles. The largest absolute Gasteiger partial charge is 0.388 e. The average molecular weight is 269 g/mol. The second-order valence-corrected chi connectivity index (χ2v) is 7.87. The summed E-state index contributed by atoms with van der Waals surface area (Å²) in [6.07, 6.45) is 12.0. The van der Waals surface area contributed by atoms with E-state index in [1.807, 2.05) is 7.05 Å². The first-order valence-corrected chi connectivity index (χ1v) is 8.51. The lowest BCUT2D eigenvalue weighted by Gasteiger charge is -2.57. The zero-order valence-electron chi connectivity index (χ0n) is 12.7. The second kappa shape index (κ2) is 4.79. The Hall–Kier alpha value is -0.980.